The van der Waals surface area contributed by atoms with Gasteiger partial charge in [0.15, 0.2) is 5.69 Å². The lowest BCUT2D eigenvalue weighted by Gasteiger charge is -2.35. The second-order valence-electron chi connectivity index (χ2n) is 6.97. The van der Waals surface area contributed by atoms with E-state index in [9.17, 15) is 4.79 Å². The smallest absolute Gasteiger partial charge is 0.276 e. The van der Waals surface area contributed by atoms with E-state index in [0.29, 0.717) is 30.4 Å². The lowest BCUT2D eigenvalue weighted by atomic mass is 9.98. The summed E-state index contributed by atoms with van der Waals surface area (Å²) in [5, 5.41) is 11.8. The molecule has 2 atom stereocenters. The molecule has 4 rings (SSSR count). The van der Waals surface area contributed by atoms with Crippen LogP contribution < -0.4 is 5.32 Å². The van der Waals surface area contributed by atoms with E-state index in [1.54, 1.807) is 10.9 Å². The van der Waals surface area contributed by atoms with Crippen LogP contribution in [0.5, 0.6) is 0 Å². The Hall–Kier alpha value is -2.21. The number of hydrogen-bond donors (Lipinski definition) is 1. The first-order chi connectivity index (χ1) is 11.7. The fraction of sp³-hybridized carbons (Fsp3) is 0.500. The fourth-order valence-corrected chi connectivity index (χ4v) is 3.93. The first-order valence-corrected chi connectivity index (χ1v) is 8.66. The molecule has 0 saturated carbocycles. The van der Waals surface area contributed by atoms with Gasteiger partial charge in [-0.3, -0.25) is 4.79 Å². The molecule has 1 aromatic heterocycles. The molecule has 2 aliphatic rings. The van der Waals surface area contributed by atoms with Crippen LogP contribution in [0.15, 0.2) is 36.5 Å². The van der Waals surface area contributed by atoms with Crippen molar-refractivity contribution in [3.63, 3.8) is 0 Å². The summed E-state index contributed by atoms with van der Waals surface area (Å²) in [5.74, 6) is -0.0272. The molecule has 2 bridgehead atoms. The van der Waals surface area contributed by atoms with Crippen molar-refractivity contribution in [2.45, 2.75) is 50.4 Å². The minimum atomic E-state index is -0.0272. The second-order valence-corrected chi connectivity index (χ2v) is 6.97. The number of aromatic nitrogens is 3. The van der Waals surface area contributed by atoms with Crippen LogP contribution in [0.4, 0.5) is 0 Å². The van der Waals surface area contributed by atoms with E-state index in [4.69, 9.17) is 0 Å². The molecular weight excluding hydrogens is 302 g/mol. The number of nitrogens with one attached hydrogen (secondary N) is 1. The first kappa shape index (κ1) is 15.3. The van der Waals surface area contributed by atoms with E-state index in [2.05, 4.69) is 15.6 Å². The predicted octanol–water partition coefficient (Wildman–Crippen LogP) is 1.68. The number of amides is 1. The molecule has 0 radical (unpaired) electrons. The molecule has 6 nitrogen and oxygen atoms in total. The highest BCUT2D eigenvalue weighted by atomic mass is 16.2. The van der Waals surface area contributed by atoms with Crippen molar-refractivity contribution in [2.24, 2.45) is 0 Å². The highest BCUT2D eigenvalue weighted by Gasteiger charge is 2.36. The van der Waals surface area contributed by atoms with Gasteiger partial charge in [-0.25, -0.2) is 4.68 Å². The number of carbonyl (C=O) groups excluding carboxylic acids is 1. The van der Waals surface area contributed by atoms with Crippen LogP contribution >= 0.6 is 0 Å². The third-order valence-electron chi connectivity index (χ3n) is 5.26. The van der Waals surface area contributed by atoms with Crippen LogP contribution in [-0.2, 0) is 6.54 Å². The average molecular weight is 325 g/mol. The maximum Gasteiger partial charge on any atom is 0.276 e. The monoisotopic (exact) mass is 325 g/mol. The Morgan fingerprint density at radius 1 is 1.25 bits per heavy atom. The Morgan fingerprint density at radius 2 is 1.96 bits per heavy atom. The molecule has 24 heavy (non-hydrogen) atoms. The molecule has 2 fully saturated rings. The fourth-order valence-electron chi connectivity index (χ4n) is 3.93. The summed E-state index contributed by atoms with van der Waals surface area (Å²) in [7, 11) is 1.90. The van der Waals surface area contributed by atoms with Gasteiger partial charge in [-0.2, -0.15) is 0 Å². The minimum absolute atomic E-state index is 0.0272. The Morgan fingerprint density at radius 3 is 2.67 bits per heavy atom. The zero-order chi connectivity index (χ0) is 16.5. The van der Waals surface area contributed by atoms with Gasteiger partial charge in [-0.05, 0) is 31.2 Å². The van der Waals surface area contributed by atoms with Crippen molar-refractivity contribution >= 4 is 5.91 Å². The summed E-state index contributed by atoms with van der Waals surface area (Å²) in [4.78, 5) is 14.6. The Kier molecular flexibility index (Phi) is 4.06. The number of piperidine rings is 1. The SMILES string of the molecule is CN(C(=O)c1cn(Cc2ccccc2)nn1)C1CC2CCC(C1)N2. The van der Waals surface area contributed by atoms with E-state index in [1.165, 1.54) is 12.8 Å². The van der Waals surface area contributed by atoms with Crippen LogP contribution in [0.25, 0.3) is 0 Å². The number of rotatable bonds is 4. The van der Waals surface area contributed by atoms with Gasteiger partial charge in [0.1, 0.15) is 0 Å². The topological polar surface area (TPSA) is 63.1 Å². The van der Waals surface area contributed by atoms with Gasteiger partial charge in [0.2, 0.25) is 0 Å². The third kappa shape index (κ3) is 3.06. The van der Waals surface area contributed by atoms with Gasteiger partial charge in [0.25, 0.3) is 5.91 Å². The minimum Gasteiger partial charge on any atom is -0.337 e. The molecule has 0 spiro atoms. The third-order valence-corrected chi connectivity index (χ3v) is 5.26. The number of fused-ring (bicyclic) bond motifs is 2. The van der Waals surface area contributed by atoms with Gasteiger partial charge >= 0.3 is 0 Å². The maximum absolute atomic E-state index is 12.7. The van der Waals surface area contributed by atoms with Crippen LogP contribution in [0.2, 0.25) is 0 Å². The van der Waals surface area contributed by atoms with Crippen molar-refractivity contribution in [3.05, 3.63) is 47.8 Å². The number of nitrogens with zero attached hydrogens (tertiary/aromatic N) is 4. The molecule has 0 aliphatic carbocycles. The normalized spacial score (nSPS) is 25.6. The highest BCUT2D eigenvalue weighted by molar-refractivity contribution is 5.92. The molecule has 3 heterocycles. The maximum atomic E-state index is 12.7. The Balaban J connectivity index is 1.43. The summed E-state index contributed by atoms with van der Waals surface area (Å²) in [6.07, 6.45) is 6.29. The highest BCUT2D eigenvalue weighted by Crippen LogP contribution is 2.29. The molecule has 6 heteroatoms. The van der Waals surface area contributed by atoms with Crippen LogP contribution in [0.1, 0.15) is 41.7 Å². The zero-order valence-corrected chi connectivity index (χ0v) is 13.9. The van der Waals surface area contributed by atoms with Gasteiger partial charge in [-0.15, -0.1) is 5.10 Å². The van der Waals surface area contributed by atoms with E-state index < -0.39 is 0 Å². The average Bonchev–Trinajstić information content (AvgIpc) is 3.20. The van der Waals surface area contributed by atoms with Crippen molar-refractivity contribution in [1.82, 2.24) is 25.2 Å². The van der Waals surface area contributed by atoms with Crippen molar-refractivity contribution in [3.8, 4) is 0 Å². The van der Waals surface area contributed by atoms with Gasteiger partial charge in [0, 0.05) is 25.2 Å². The van der Waals surface area contributed by atoms with Gasteiger partial charge in [0.05, 0.1) is 12.7 Å². The summed E-state index contributed by atoms with van der Waals surface area (Å²) in [6, 6.07) is 11.5. The van der Waals surface area contributed by atoms with Crippen LogP contribution in [0, 0.1) is 0 Å². The van der Waals surface area contributed by atoms with Gasteiger partial charge in [-0.1, -0.05) is 35.5 Å². The van der Waals surface area contributed by atoms with Gasteiger partial charge < -0.3 is 10.2 Å². The van der Waals surface area contributed by atoms with Crippen LogP contribution in [-0.4, -0.2) is 51.0 Å². The van der Waals surface area contributed by atoms with Crippen LogP contribution in [0.3, 0.4) is 0 Å². The second kappa shape index (κ2) is 6.36. The molecule has 126 valence electrons. The number of carbonyl (C=O) groups is 1. The quantitative estimate of drug-likeness (QED) is 0.929. The first-order valence-electron chi connectivity index (χ1n) is 8.66. The molecule has 1 aromatic carbocycles. The van der Waals surface area contributed by atoms with Crippen molar-refractivity contribution < 1.29 is 4.79 Å². The Bertz CT molecular complexity index is 701. The predicted molar refractivity (Wildman–Crippen MR) is 90.6 cm³/mol. The molecule has 2 aromatic rings. The number of hydrogen-bond acceptors (Lipinski definition) is 4. The molecular formula is C18H23N5O. The van der Waals surface area contributed by atoms with E-state index >= 15 is 0 Å². The summed E-state index contributed by atoms with van der Waals surface area (Å²) in [6.45, 7) is 0.627. The summed E-state index contributed by atoms with van der Waals surface area (Å²) >= 11 is 0. The van der Waals surface area contributed by atoms with E-state index in [-0.39, 0.29) is 5.91 Å². The molecule has 1 amide bonds. The summed E-state index contributed by atoms with van der Waals surface area (Å²) < 4.78 is 1.72. The standard InChI is InChI=1S/C18H23N5O/c1-22(16-9-14-7-8-15(10-16)19-14)18(24)17-12-23(21-20-17)11-13-5-3-2-4-6-13/h2-6,12,14-16,19H,7-11H2,1H3. The molecule has 2 saturated heterocycles. The summed E-state index contributed by atoms with van der Waals surface area (Å²) in [5.41, 5.74) is 1.57. The molecule has 1 N–H and O–H groups in total. The molecule has 2 aliphatic heterocycles. The van der Waals surface area contributed by atoms with Crippen molar-refractivity contribution in [2.75, 3.05) is 7.05 Å². The van der Waals surface area contributed by atoms with Crippen molar-refractivity contribution in [1.29, 1.82) is 0 Å². The largest absolute Gasteiger partial charge is 0.337 e. The van der Waals surface area contributed by atoms with E-state index in [1.807, 2.05) is 42.3 Å². The number of benzene rings is 1. The lowest BCUT2D eigenvalue weighted by Crippen LogP contribution is -2.48. The molecule has 2 unspecified atom stereocenters. The van der Waals surface area contributed by atoms with E-state index in [0.717, 1.165) is 18.4 Å². The zero-order valence-electron chi connectivity index (χ0n) is 13.9. The lowest BCUT2D eigenvalue weighted by molar-refractivity contribution is 0.0675. The Labute approximate surface area is 141 Å².